The first-order chi connectivity index (χ1) is 14.8. The van der Waals surface area contributed by atoms with Gasteiger partial charge in [0.2, 0.25) is 5.91 Å². The summed E-state index contributed by atoms with van der Waals surface area (Å²) < 4.78 is 3.76. The highest BCUT2D eigenvalue weighted by molar-refractivity contribution is 6.02. The van der Waals surface area contributed by atoms with Crippen LogP contribution in [0.15, 0.2) is 24.4 Å². The Morgan fingerprint density at radius 3 is 2.61 bits per heavy atom. The number of carbonyl (C=O) groups is 1. The molecular formula is C21H27N9O. The van der Waals surface area contributed by atoms with Gasteiger partial charge >= 0.3 is 0 Å². The van der Waals surface area contributed by atoms with Crippen molar-refractivity contribution in [2.24, 2.45) is 5.73 Å². The predicted octanol–water partition coefficient (Wildman–Crippen LogP) is 2.06. The number of nitrogens with one attached hydrogen (secondary N) is 1. The molecule has 162 valence electrons. The van der Waals surface area contributed by atoms with Crippen LogP contribution < -0.4 is 5.73 Å². The normalized spacial score (nSPS) is 12.7. The van der Waals surface area contributed by atoms with Crippen LogP contribution in [0.25, 0.3) is 33.8 Å². The molecule has 3 aromatic heterocycles. The molecule has 0 aliphatic heterocycles. The molecule has 3 N–H and O–H groups in total. The number of amides is 1. The Morgan fingerprint density at radius 2 is 1.94 bits per heavy atom. The molecule has 31 heavy (non-hydrogen) atoms. The molecule has 0 aliphatic carbocycles. The zero-order chi connectivity index (χ0) is 22.3. The highest BCUT2D eigenvalue weighted by Gasteiger charge is 2.19. The zero-order valence-electron chi connectivity index (χ0n) is 18.4. The van der Waals surface area contributed by atoms with E-state index in [1.807, 2.05) is 43.4 Å². The monoisotopic (exact) mass is 421 g/mol. The minimum atomic E-state index is -0.504. The maximum atomic E-state index is 12.0. The molecule has 1 atom stereocenters. The third-order valence-electron chi connectivity index (χ3n) is 5.55. The van der Waals surface area contributed by atoms with Gasteiger partial charge in [-0.25, -0.2) is 0 Å². The van der Waals surface area contributed by atoms with Gasteiger partial charge in [0.1, 0.15) is 5.69 Å². The lowest BCUT2D eigenvalue weighted by Crippen LogP contribution is -2.29. The van der Waals surface area contributed by atoms with Gasteiger partial charge in [-0.3, -0.25) is 14.2 Å². The number of benzene rings is 1. The molecule has 10 heteroatoms. The highest BCUT2D eigenvalue weighted by atomic mass is 16.1. The van der Waals surface area contributed by atoms with E-state index < -0.39 is 5.91 Å². The number of rotatable bonds is 7. The van der Waals surface area contributed by atoms with Crippen LogP contribution in [-0.4, -0.2) is 65.7 Å². The number of hydrogen-bond donors (Lipinski definition) is 2. The molecule has 4 rings (SSSR count). The van der Waals surface area contributed by atoms with Crippen molar-refractivity contribution in [3.63, 3.8) is 0 Å². The van der Waals surface area contributed by atoms with Crippen LogP contribution in [0.1, 0.15) is 29.9 Å². The number of primary amides is 1. The third-order valence-corrected chi connectivity index (χ3v) is 5.55. The van der Waals surface area contributed by atoms with E-state index in [1.54, 1.807) is 18.3 Å². The Morgan fingerprint density at radius 1 is 1.19 bits per heavy atom. The van der Waals surface area contributed by atoms with Gasteiger partial charge in [0.05, 0.1) is 24.0 Å². The maximum Gasteiger partial charge on any atom is 0.248 e. The van der Waals surface area contributed by atoms with Gasteiger partial charge in [0.15, 0.2) is 11.6 Å². The van der Waals surface area contributed by atoms with E-state index in [1.165, 1.54) is 0 Å². The van der Waals surface area contributed by atoms with Crippen LogP contribution >= 0.6 is 0 Å². The SMILES string of the molecule is CCn1nc(C)cc1-c1nnc(-c2cc(C(N)=O)cc3c2cnn3C[C@@H](C)N(C)C)[nH]1. The summed E-state index contributed by atoms with van der Waals surface area (Å²) in [5, 5.41) is 18.6. The van der Waals surface area contributed by atoms with Gasteiger partial charge in [-0.2, -0.15) is 10.2 Å². The van der Waals surface area contributed by atoms with Crippen LogP contribution in [0, 0.1) is 6.92 Å². The van der Waals surface area contributed by atoms with Crippen LogP contribution in [0.2, 0.25) is 0 Å². The molecule has 10 nitrogen and oxygen atoms in total. The smallest absolute Gasteiger partial charge is 0.248 e. The molecule has 0 spiro atoms. The first-order valence-corrected chi connectivity index (χ1v) is 10.2. The van der Waals surface area contributed by atoms with E-state index in [0.29, 0.717) is 23.8 Å². The fourth-order valence-corrected chi connectivity index (χ4v) is 3.55. The second-order valence-corrected chi connectivity index (χ2v) is 7.97. The van der Waals surface area contributed by atoms with Crippen molar-refractivity contribution in [1.82, 2.24) is 39.6 Å². The van der Waals surface area contributed by atoms with Gasteiger partial charge in [0.25, 0.3) is 0 Å². The van der Waals surface area contributed by atoms with E-state index in [0.717, 1.165) is 34.4 Å². The van der Waals surface area contributed by atoms with Gasteiger partial charge in [0, 0.05) is 29.1 Å². The molecule has 3 heterocycles. The summed E-state index contributed by atoms with van der Waals surface area (Å²) in [7, 11) is 4.05. The van der Waals surface area contributed by atoms with E-state index in [2.05, 4.69) is 37.2 Å². The summed E-state index contributed by atoms with van der Waals surface area (Å²) in [6.45, 7) is 7.48. The Labute approximate surface area is 180 Å². The molecule has 0 aliphatic rings. The van der Waals surface area contributed by atoms with Crippen LogP contribution in [-0.2, 0) is 13.1 Å². The number of carbonyl (C=O) groups excluding carboxylic acids is 1. The number of nitrogens with zero attached hydrogens (tertiary/aromatic N) is 7. The Bertz CT molecular complexity index is 1250. The summed E-state index contributed by atoms with van der Waals surface area (Å²) in [4.78, 5) is 17.4. The van der Waals surface area contributed by atoms with Crippen molar-refractivity contribution >= 4 is 16.8 Å². The fraction of sp³-hybridized carbons (Fsp3) is 0.381. The lowest BCUT2D eigenvalue weighted by Gasteiger charge is -2.20. The number of aromatic amines is 1. The van der Waals surface area contributed by atoms with Gasteiger partial charge in [-0.05, 0) is 53.1 Å². The standard InChI is InChI=1S/C21H27N9O/c1-6-29-18(7-12(2)27-29)21-24-20(25-26-21)15-8-14(19(22)31)9-17-16(15)10-23-30(17)11-13(3)28(4)5/h7-10,13H,6,11H2,1-5H3,(H2,22,31)(H,24,25,26)/t13-/m1/s1. The van der Waals surface area contributed by atoms with E-state index >= 15 is 0 Å². The molecule has 0 unspecified atom stereocenters. The number of aryl methyl sites for hydroxylation is 2. The van der Waals surface area contributed by atoms with Crippen molar-refractivity contribution in [3.8, 4) is 22.9 Å². The summed E-state index contributed by atoms with van der Waals surface area (Å²) >= 11 is 0. The quantitative estimate of drug-likeness (QED) is 0.471. The molecule has 0 fully saturated rings. The molecule has 0 saturated carbocycles. The summed E-state index contributed by atoms with van der Waals surface area (Å²) in [6, 6.07) is 5.74. The number of hydrogen-bond acceptors (Lipinski definition) is 6. The molecule has 0 radical (unpaired) electrons. The zero-order valence-corrected chi connectivity index (χ0v) is 18.4. The molecule has 1 aromatic carbocycles. The van der Waals surface area contributed by atoms with Gasteiger partial charge in [-0.1, -0.05) is 0 Å². The van der Waals surface area contributed by atoms with Crippen molar-refractivity contribution < 1.29 is 4.79 Å². The Balaban J connectivity index is 1.83. The average Bonchev–Trinajstić information content (AvgIpc) is 3.45. The lowest BCUT2D eigenvalue weighted by atomic mass is 10.0. The van der Waals surface area contributed by atoms with E-state index in [-0.39, 0.29) is 6.04 Å². The molecule has 1 amide bonds. The maximum absolute atomic E-state index is 12.0. The lowest BCUT2D eigenvalue weighted by molar-refractivity contribution is 0.100. The van der Waals surface area contributed by atoms with Gasteiger partial charge < -0.3 is 15.6 Å². The molecular weight excluding hydrogens is 394 g/mol. The summed E-state index contributed by atoms with van der Waals surface area (Å²) in [6.07, 6.45) is 1.79. The number of likely N-dealkylation sites (N-methyl/N-ethyl adjacent to an activating group) is 1. The average molecular weight is 422 g/mol. The second kappa shape index (κ2) is 7.95. The Kier molecular flexibility index (Phi) is 5.32. The highest BCUT2D eigenvalue weighted by Crippen LogP contribution is 2.30. The van der Waals surface area contributed by atoms with Crippen LogP contribution in [0.5, 0.6) is 0 Å². The van der Waals surface area contributed by atoms with Crippen molar-refractivity contribution in [3.05, 3.63) is 35.7 Å². The third kappa shape index (κ3) is 3.81. The largest absolute Gasteiger partial charge is 0.366 e. The summed E-state index contributed by atoms with van der Waals surface area (Å²) in [5.41, 5.74) is 9.34. The van der Waals surface area contributed by atoms with Crippen molar-refractivity contribution in [2.75, 3.05) is 14.1 Å². The fourth-order valence-electron chi connectivity index (χ4n) is 3.55. The number of aromatic nitrogens is 7. The number of H-pyrrole nitrogens is 1. The molecule has 0 saturated heterocycles. The molecule has 0 bridgehead atoms. The first kappa shape index (κ1) is 20.7. The first-order valence-electron chi connectivity index (χ1n) is 10.2. The van der Waals surface area contributed by atoms with E-state index in [9.17, 15) is 4.79 Å². The van der Waals surface area contributed by atoms with Crippen LogP contribution in [0.3, 0.4) is 0 Å². The Hall–Kier alpha value is -3.53. The van der Waals surface area contributed by atoms with E-state index in [4.69, 9.17) is 5.73 Å². The minimum Gasteiger partial charge on any atom is -0.366 e. The van der Waals surface area contributed by atoms with Crippen molar-refractivity contribution in [2.45, 2.75) is 39.9 Å². The number of nitrogens with two attached hydrogens (primary N) is 1. The van der Waals surface area contributed by atoms with Gasteiger partial charge in [-0.15, -0.1) is 10.2 Å². The number of fused-ring (bicyclic) bond motifs is 1. The topological polar surface area (TPSA) is 124 Å². The minimum absolute atomic E-state index is 0.262. The van der Waals surface area contributed by atoms with Crippen molar-refractivity contribution in [1.29, 1.82) is 0 Å². The summed E-state index contributed by atoms with van der Waals surface area (Å²) in [5.74, 6) is 0.657. The second-order valence-electron chi connectivity index (χ2n) is 7.97. The molecule has 4 aromatic rings. The van der Waals surface area contributed by atoms with Crippen LogP contribution in [0.4, 0.5) is 0 Å². The predicted molar refractivity (Wildman–Crippen MR) is 118 cm³/mol.